The second-order valence-electron chi connectivity index (χ2n) is 5.80. The number of hydrogen-bond acceptors (Lipinski definition) is 8. The lowest BCUT2D eigenvalue weighted by molar-refractivity contribution is 0.327. The average Bonchev–Trinajstić information content (AvgIpc) is 2.69. The Bertz CT molecular complexity index is 1090. The monoisotopic (exact) mass is 439 g/mol. The summed E-state index contributed by atoms with van der Waals surface area (Å²) in [5.41, 5.74) is 0.310. The Morgan fingerprint density at radius 2 is 1.62 bits per heavy atom. The van der Waals surface area contributed by atoms with E-state index in [2.05, 4.69) is 0 Å². The van der Waals surface area contributed by atoms with Crippen LogP contribution in [0.3, 0.4) is 0 Å². The summed E-state index contributed by atoms with van der Waals surface area (Å²) in [7, 11) is -7.30. The highest BCUT2D eigenvalue weighted by molar-refractivity contribution is 7.91. The van der Waals surface area contributed by atoms with Crippen molar-refractivity contribution in [3.05, 3.63) is 48.0 Å². The summed E-state index contributed by atoms with van der Waals surface area (Å²) in [5.74, 6) is 0.363. The van der Waals surface area contributed by atoms with E-state index in [1.807, 2.05) is 6.07 Å². The molecule has 0 saturated carbocycles. The van der Waals surface area contributed by atoms with Crippen LogP contribution in [0.2, 0.25) is 0 Å². The fourth-order valence-corrected chi connectivity index (χ4v) is 3.78. The van der Waals surface area contributed by atoms with E-state index in [9.17, 15) is 16.8 Å². The van der Waals surface area contributed by atoms with E-state index >= 15 is 0 Å². The number of nitrogens with zero attached hydrogens (tertiary/aromatic N) is 1. The predicted octanol–water partition coefficient (Wildman–Crippen LogP) is 2.54. The van der Waals surface area contributed by atoms with Crippen LogP contribution in [0, 0.1) is 11.3 Å². The smallest absolute Gasteiger partial charge is 0.339 e. The zero-order valence-electron chi connectivity index (χ0n) is 16.0. The Morgan fingerprint density at radius 1 is 0.931 bits per heavy atom. The molecule has 2 aromatic carbocycles. The SMILES string of the molecule is CCOc1cc(C#N)ccc1OS(=O)(=O)c1ccc(OCCS(=O)(=O)CC)cc1. The highest BCUT2D eigenvalue weighted by atomic mass is 32.2. The summed E-state index contributed by atoms with van der Waals surface area (Å²) in [6.45, 7) is 3.52. The van der Waals surface area contributed by atoms with Crippen LogP contribution in [0.5, 0.6) is 17.2 Å². The van der Waals surface area contributed by atoms with Crippen LogP contribution in [0.25, 0.3) is 0 Å². The molecule has 8 nitrogen and oxygen atoms in total. The maximum absolute atomic E-state index is 12.5. The molecule has 0 aromatic heterocycles. The van der Waals surface area contributed by atoms with Crippen LogP contribution >= 0.6 is 0 Å². The molecule has 0 fully saturated rings. The molecule has 0 spiro atoms. The van der Waals surface area contributed by atoms with E-state index < -0.39 is 20.0 Å². The van der Waals surface area contributed by atoms with Crippen molar-refractivity contribution >= 4 is 20.0 Å². The van der Waals surface area contributed by atoms with Crippen molar-refractivity contribution in [2.45, 2.75) is 18.7 Å². The highest BCUT2D eigenvalue weighted by Gasteiger charge is 2.20. The molecule has 2 aromatic rings. The minimum Gasteiger partial charge on any atom is -0.493 e. The van der Waals surface area contributed by atoms with Gasteiger partial charge in [-0.05, 0) is 43.3 Å². The molecule has 0 aliphatic carbocycles. The van der Waals surface area contributed by atoms with Crippen molar-refractivity contribution in [2.75, 3.05) is 24.7 Å². The van der Waals surface area contributed by atoms with E-state index in [4.69, 9.17) is 18.9 Å². The first-order chi connectivity index (χ1) is 13.7. The van der Waals surface area contributed by atoms with Gasteiger partial charge in [0.1, 0.15) is 17.3 Å². The summed E-state index contributed by atoms with van der Waals surface area (Å²) in [5, 5.41) is 8.97. The lowest BCUT2D eigenvalue weighted by atomic mass is 10.2. The fourth-order valence-electron chi connectivity index (χ4n) is 2.21. The van der Waals surface area contributed by atoms with Gasteiger partial charge in [0.25, 0.3) is 0 Å². The molecule has 0 atom stereocenters. The quantitative estimate of drug-likeness (QED) is 0.518. The third-order valence-electron chi connectivity index (χ3n) is 3.79. The van der Waals surface area contributed by atoms with Crippen LogP contribution in [-0.4, -0.2) is 41.6 Å². The van der Waals surface area contributed by atoms with Gasteiger partial charge in [-0.1, -0.05) is 6.92 Å². The second-order valence-corrected chi connectivity index (χ2v) is 9.82. The maximum Gasteiger partial charge on any atom is 0.339 e. The zero-order chi connectivity index (χ0) is 21.5. The van der Waals surface area contributed by atoms with Gasteiger partial charge in [-0.2, -0.15) is 13.7 Å². The summed E-state index contributed by atoms with van der Waals surface area (Å²) >= 11 is 0. The Labute approximate surface area is 170 Å². The Morgan fingerprint density at radius 3 is 2.21 bits per heavy atom. The van der Waals surface area contributed by atoms with Crippen molar-refractivity contribution in [3.8, 4) is 23.3 Å². The van der Waals surface area contributed by atoms with E-state index in [-0.39, 0.29) is 41.1 Å². The molecule has 0 radical (unpaired) electrons. The normalized spacial score (nSPS) is 11.5. The molecule has 156 valence electrons. The summed E-state index contributed by atoms with van der Waals surface area (Å²) in [6.07, 6.45) is 0. The van der Waals surface area contributed by atoms with Crippen LogP contribution < -0.4 is 13.7 Å². The van der Waals surface area contributed by atoms with Crippen molar-refractivity contribution in [2.24, 2.45) is 0 Å². The van der Waals surface area contributed by atoms with Gasteiger partial charge in [-0.3, -0.25) is 0 Å². The van der Waals surface area contributed by atoms with Gasteiger partial charge in [-0.25, -0.2) is 8.42 Å². The fraction of sp³-hybridized carbons (Fsp3) is 0.316. The molecule has 0 unspecified atom stereocenters. The Kier molecular flexibility index (Phi) is 7.47. The van der Waals surface area contributed by atoms with Crippen molar-refractivity contribution in [1.29, 1.82) is 5.26 Å². The van der Waals surface area contributed by atoms with Crippen LogP contribution in [0.15, 0.2) is 47.4 Å². The lowest BCUT2D eigenvalue weighted by Gasteiger charge is -2.12. The van der Waals surface area contributed by atoms with Crippen molar-refractivity contribution in [3.63, 3.8) is 0 Å². The van der Waals surface area contributed by atoms with E-state index in [0.717, 1.165) is 0 Å². The molecule has 0 heterocycles. The van der Waals surface area contributed by atoms with Gasteiger partial charge >= 0.3 is 10.1 Å². The molecular weight excluding hydrogens is 418 g/mol. The minimum atomic E-state index is -4.15. The van der Waals surface area contributed by atoms with Gasteiger partial charge in [0, 0.05) is 11.8 Å². The number of nitriles is 1. The molecule has 0 amide bonds. The molecule has 0 bridgehead atoms. The Hall–Kier alpha value is -2.77. The molecule has 0 aliphatic rings. The molecule has 0 N–H and O–H groups in total. The second kappa shape index (κ2) is 9.62. The van der Waals surface area contributed by atoms with Gasteiger partial charge in [0.15, 0.2) is 21.3 Å². The molecular formula is C19H21NO7S2. The summed E-state index contributed by atoms with van der Waals surface area (Å²) in [4.78, 5) is -0.113. The standard InChI is InChI=1S/C19H21NO7S2/c1-3-25-19-13-15(14-20)5-10-18(19)27-29(23,24)17-8-6-16(7-9-17)26-11-12-28(21,22)4-2/h5-10,13H,3-4,11-12H2,1-2H3. The maximum atomic E-state index is 12.5. The number of benzene rings is 2. The number of rotatable bonds is 10. The van der Waals surface area contributed by atoms with Crippen molar-refractivity contribution in [1.82, 2.24) is 0 Å². The first kappa shape index (κ1) is 22.5. The number of ether oxygens (including phenoxy) is 2. The third-order valence-corrected chi connectivity index (χ3v) is 6.70. The van der Waals surface area contributed by atoms with Crippen LogP contribution in [0.4, 0.5) is 0 Å². The predicted molar refractivity (Wildman–Crippen MR) is 106 cm³/mol. The van der Waals surface area contributed by atoms with E-state index in [0.29, 0.717) is 11.3 Å². The lowest BCUT2D eigenvalue weighted by Crippen LogP contribution is -2.15. The van der Waals surface area contributed by atoms with Crippen LogP contribution in [-0.2, 0) is 20.0 Å². The van der Waals surface area contributed by atoms with Gasteiger partial charge < -0.3 is 13.7 Å². The van der Waals surface area contributed by atoms with E-state index in [1.54, 1.807) is 13.8 Å². The molecule has 29 heavy (non-hydrogen) atoms. The highest BCUT2D eigenvalue weighted by Crippen LogP contribution is 2.31. The van der Waals surface area contributed by atoms with E-state index in [1.165, 1.54) is 42.5 Å². The van der Waals surface area contributed by atoms with Gasteiger partial charge in [0.05, 0.1) is 24.0 Å². The minimum absolute atomic E-state index is 0.0261. The third kappa shape index (κ3) is 6.37. The number of sulfone groups is 1. The summed E-state index contributed by atoms with van der Waals surface area (Å²) in [6, 6.07) is 11.5. The first-order valence-corrected chi connectivity index (χ1v) is 12.0. The molecule has 0 aliphatic heterocycles. The van der Waals surface area contributed by atoms with Gasteiger partial charge in [-0.15, -0.1) is 0 Å². The van der Waals surface area contributed by atoms with Crippen LogP contribution in [0.1, 0.15) is 19.4 Å². The Balaban J connectivity index is 2.13. The average molecular weight is 440 g/mol. The first-order valence-electron chi connectivity index (χ1n) is 8.75. The zero-order valence-corrected chi connectivity index (χ0v) is 17.6. The summed E-state index contributed by atoms with van der Waals surface area (Å²) < 4.78 is 63.9. The topological polar surface area (TPSA) is 120 Å². The van der Waals surface area contributed by atoms with Crippen molar-refractivity contribution < 1.29 is 30.5 Å². The molecule has 0 saturated heterocycles. The molecule has 2 rings (SSSR count). The van der Waals surface area contributed by atoms with Gasteiger partial charge in [0.2, 0.25) is 0 Å². The number of hydrogen-bond donors (Lipinski definition) is 0. The largest absolute Gasteiger partial charge is 0.493 e. The molecule has 10 heteroatoms.